The molecule has 8 heteroatoms. The van der Waals surface area contributed by atoms with Crippen molar-refractivity contribution in [3.8, 4) is 5.69 Å². The van der Waals surface area contributed by atoms with Crippen LogP contribution in [0.15, 0.2) is 54.6 Å². The predicted octanol–water partition coefficient (Wildman–Crippen LogP) is 3.80. The molecule has 1 heterocycles. The van der Waals surface area contributed by atoms with Crippen LogP contribution < -0.4 is 0 Å². The molecule has 0 N–H and O–H groups in total. The highest BCUT2D eigenvalue weighted by atomic mass is 16.6. The maximum atomic E-state index is 13.0. The van der Waals surface area contributed by atoms with Gasteiger partial charge >= 0.3 is 0 Å². The molecule has 0 unspecified atom stereocenters. The first-order valence-electron chi connectivity index (χ1n) is 9.39. The van der Waals surface area contributed by atoms with Crippen molar-refractivity contribution < 1.29 is 14.5 Å². The summed E-state index contributed by atoms with van der Waals surface area (Å²) in [7, 11) is 1.51. The summed E-state index contributed by atoms with van der Waals surface area (Å²) in [6.07, 6.45) is 0. The van der Waals surface area contributed by atoms with Crippen molar-refractivity contribution in [2.75, 3.05) is 7.05 Å². The number of ketones is 1. The fourth-order valence-corrected chi connectivity index (χ4v) is 3.36. The van der Waals surface area contributed by atoms with Gasteiger partial charge in [0.05, 0.1) is 33.6 Å². The monoisotopic (exact) mass is 406 g/mol. The van der Waals surface area contributed by atoms with Gasteiger partial charge in [0.15, 0.2) is 0 Å². The molecule has 1 atom stereocenters. The van der Waals surface area contributed by atoms with Gasteiger partial charge in [-0.15, -0.1) is 0 Å². The molecular weight excluding hydrogens is 384 g/mol. The summed E-state index contributed by atoms with van der Waals surface area (Å²) < 4.78 is 1.64. The second kappa shape index (κ2) is 8.28. The van der Waals surface area contributed by atoms with E-state index in [1.54, 1.807) is 37.6 Å². The van der Waals surface area contributed by atoms with E-state index < -0.39 is 22.7 Å². The van der Waals surface area contributed by atoms with Crippen LogP contribution in [-0.2, 0) is 4.79 Å². The third kappa shape index (κ3) is 3.84. The molecule has 0 aliphatic carbocycles. The molecule has 3 rings (SSSR count). The highest BCUT2D eigenvalue weighted by molar-refractivity contribution is 6.43. The molecule has 8 nitrogen and oxygen atoms in total. The molecule has 0 saturated carbocycles. The van der Waals surface area contributed by atoms with Crippen molar-refractivity contribution in [3.05, 3.63) is 87.2 Å². The van der Waals surface area contributed by atoms with Gasteiger partial charge in [-0.05, 0) is 38.5 Å². The molecule has 0 aliphatic rings. The van der Waals surface area contributed by atoms with Crippen LogP contribution in [0.4, 0.5) is 5.69 Å². The van der Waals surface area contributed by atoms with Crippen molar-refractivity contribution in [1.29, 1.82) is 0 Å². The van der Waals surface area contributed by atoms with Gasteiger partial charge in [0.2, 0.25) is 0 Å². The summed E-state index contributed by atoms with van der Waals surface area (Å²) in [5.41, 5.74) is 2.60. The Balaban J connectivity index is 1.89. The Morgan fingerprint density at radius 3 is 2.40 bits per heavy atom. The number of para-hydroxylation sites is 1. The number of non-ortho nitro benzene ring substituents is 1. The maximum absolute atomic E-state index is 13.0. The number of amides is 1. The lowest BCUT2D eigenvalue weighted by molar-refractivity contribution is -0.384. The van der Waals surface area contributed by atoms with Crippen LogP contribution in [0.1, 0.15) is 40.3 Å². The molecule has 0 bridgehead atoms. The smallest absolute Gasteiger partial charge is 0.295 e. The Morgan fingerprint density at radius 1 is 1.10 bits per heavy atom. The number of carbonyl (C=O) groups excluding carboxylic acids is 2. The normalized spacial score (nSPS) is 11.7. The van der Waals surface area contributed by atoms with Gasteiger partial charge < -0.3 is 4.90 Å². The van der Waals surface area contributed by atoms with Crippen LogP contribution in [0.3, 0.4) is 0 Å². The van der Waals surface area contributed by atoms with E-state index in [-0.39, 0.29) is 11.3 Å². The van der Waals surface area contributed by atoms with Crippen molar-refractivity contribution >= 4 is 17.4 Å². The zero-order valence-corrected chi connectivity index (χ0v) is 17.2. The first kappa shape index (κ1) is 20.9. The number of aromatic nitrogens is 2. The van der Waals surface area contributed by atoms with Crippen molar-refractivity contribution in [2.24, 2.45) is 0 Å². The summed E-state index contributed by atoms with van der Waals surface area (Å²) in [5, 5.41) is 15.5. The van der Waals surface area contributed by atoms with E-state index in [1.807, 2.05) is 30.3 Å². The minimum absolute atomic E-state index is 0.0673. The molecule has 0 fully saturated rings. The van der Waals surface area contributed by atoms with Crippen LogP contribution >= 0.6 is 0 Å². The third-order valence-corrected chi connectivity index (χ3v) is 5.18. The molecule has 0 aliphatic heterocycles. The predicted molar refractivity (Wildman–Crippen MR) is 112 cm³/mol. The Kier molecular flexibility index (Phi) is 5.77. The first-order chi connectivity index (χ1) is 14.2. The second-order valence-electron chi connectivity index (χ2n) is 7.07. The molecule has 0 spiro atoms. The fourth-order valence-electron chi connectivity index (χ4n) is 3.36. The average molecular weight is 406 g/mol. The van der Waals surface area contributed by atoms with Gasteiger partial charge in [-0.2, -0.15) is 5.10 Å². The molecule has 0 saturated heterocycles. The minimum atomic E-state index is -0.701. The Bertz CT molecular complexity index is 1120. The van der Waals surface area contributed by atoms with E-state index in [0.29, 0.717) is 17.0 Å². The minimum Gasteiger partial charge on any atom is -0.332 e. The molecule has 1 aromatic heterocycles. The Labute approximate surface area is 173 Å². The number of aryl methyl sites for hydroxylation is 1. The quantitative estimate of drug-likeness (QED) is 0.268. The van der Waals surface area contributed by atoms with E-state index >= 15 is 0 Å². The molecule has 1 amide bonds. The van der Waals surface area contributed by atoms with Gasteiger partial charge in [0.1, 0.15) is 0 Å². The Morgan fingerprint density at radius 2 is 1.77 bits per heavy atom. The molecule has 0 radical (unpaired) electrons. The number of nitro groups is 1. The van der Waals surface area contributed by atoms with E-state index in [2.05, 4.69) is 5.10 Å². The lowest BCUT2D eigenvalue weighted by Crippen LogP contribution is -2.35. The second-order valence-corrected chi connectivity index (χ2v) is 7.07. The summed E-state index contributed by atoms with van der Waals surface area (Å²) >= 11 is 0. The Hall–Kier alpha value is -3.81. The number of hydrogen-bond donors (Lipinski definition) is 0. The first-order valence-corrected chi connectivity index (χ1v) is 9.39. The SMILES string of the molecule is Cc1nn(-c2ccccc2)c(C)c1C(=O)C(=O)N(C)[C@H](C)c1cccc([N+](=O)[O-])c1. The van der Waals surface area contributed by atoms with E-state index in [9.17, 15) is 19.7 Å². The number of benzene rings is 2. The number of carbonyl (C=O) groups is 2. The van der Waals surface area contributed by atoms with Crippen molar-refractivity contribution in [3.63, 3.8) is 0 Å². The van der Waals surface area contributed by atoms with Gasteiger partial charge in [0, 0.05) is 19.2 Å². The highest BCUT2D eigenvalue weighted by Crippen LogP contribution is 2.25. The molecule has 2 aromatic carbocycles. The number of nitrogens with zero attached hydrogens (tertiary/aromatic N) is 4. The van der Waals surface area contributed by atoms with Crippen molar-refractivity contribution in [2.45, 2.75) is 26.8 Å². The number of likely N-dealkylation sites (N-methyl/N-ethyl adjacent to an activating group) is 1. The largest absolute Gasteiger partial charge is 0.332 e. The molecule has 3 aromatic rings. The third-order valence-electron chi connectivity index (χ3n) is 5.18. The van der Waals surface area contributed by atoms with Crippen LogP contribution in [-0.4, -0.2) is 38.3 Å². The molecular formula is C22H22N4O4. The van der Waals surface area contributed by atoms with Gasteiger partial charge in [-0.3, -0.25) is 19.7 Å². The van der Waals surface area contributed by atoms with Gasteiger partial charge in [-0.25, -0.2) is 4.68 Å². The van der Waals surface area contributed by atoms with E-state index in [0.717, 1.165) is 5.69 Å². The average Bonchev–Trinajstić information content (AvgIpc) is 3.06. The standard InChI is InChI=1S/C22H22N4O4/c1-14-20(16(3)25(23-14)18-10-6-5-7-11-18)21(27)22(28)24(4)15(2)17-9-8-12-19(13-17)26(29)30/h5-13,15H,1-4H3/t15-/m1/s1. The van der Waals surface area contributed by atoms with Crippen LogP contribution in [0.5, 0.6) is 0 Å². The lowest BCUT2D eigenvalue weighted by Gasteiger charge is -2.24. The van der Waals surface area contributed by atoms with E-state index in [4.69, 9.17) is 0 Å². The van der Waals surface area contributed by atoms with Crippen molar-refractivity contribution in [1.82, 2.24) is 14.7 Å². The fraction of sp³-hybridized carbons (Fsp3) is 0.227. The van der Waals surface area contributed by atoms with E-state index in [1.165, 1.54) is 24.1 Å². The number of rotatable bonds is 6. The molecule has 154 valence electrons. The maximum Gasteiger partial charge on any atom is 0.295 e. The topological polar surface area (TPSA) is 98.3 Å². The zero-order valence-electron chi connectivity index (χ0n) is 17.2. The molecule has 30 heavy (non-hydrogen) atoms. The highest BCUT2D eigenvalue weighted by Gasteiger charge is 2.30. The summed E-state index contributed by atoms with van der Waals surface area (Å²) in [6.45, 7) is 5.16. The van der Waals surface area contributed by atoms with Gasteiger partial charge in [-0.1, -0.05) is 30.3 Å². The van der Waals surface area contributed by atoms with Crippen LogP contribution in [0.25, 0.3) is 5.69 Å². The number of hydrogen-bond acceptors (Lipinski definition) is 5. The number of Topliss-reactive ketones (excluding diaryl/α,β-unsaturated/α-hetero) is 1. The summed E-state index contributed by atoms with van der Waals surface area (Å²) in [4.78, 5) is 37.8. The zero-order chi connectivity index (χ0) is 22.0. The van der Waals surface area contributed by atoms with Crippen LogP contribution in [0.2, 0.25) is 0 Å². The summed E-state index contributed by atoms with van der Waals surface area (Å²) in [5.74, 6) is -1.36. The lowest BCUT2D eigenvalue weighted by atomic mass is 10.0. The summed E-state index contributed by atoms with van der Waals surface area (Å²) in [6, 6.07) is 14.9. The number of nitro benzene ring substituents is 1. The van der Waals surface area contributed by atoms with Gasteiger partial charge in [0.25, 0.3) is 17.4 Å². The van der Waals surface area contributed by atoms with Crippen LogP contribution in [0, 0.1) is 24.0 Å².